The van der Waals surface area contributed by atoms with Gasteiger partial charge in [-0.1, -0.05) is 0 Å². The monoisotopic (exact) mass is 245 g/mol. The fourth-order valence-electron chi connectivity index (χ4n) is 1.62. The standard InChI is InChI=1S/C12H15N5O/c1-13-11-7-14-4-3-10(11)12(18)16-5-2-9-6-15-8-17-9/h3-4,6-8,13H,2,5H2,1H3,(H,15,17)(H,16,18). The molecule has 0 unspecified atom stereocenters. The number of aromatic nitrogens is 3. The van der Waals surface area contributed by atoms with Gasteiger partial charge in [0, 0.05) is 38.1 Å². The summed E-state index contributed by atoms with van der Waals surface area (Å²) in [6.07, 6.45) is 7.33. The topological polar surface area (TPSA) is 82.7 Å². The number of amides is 1. The van der Waals surface area contributed by atoms with Crippen LogP contribution in [0.2, 0.25) is 0 Å². The van der Waals surface area contributed by atoms with Gasteiger partial charge in [0.2, 0.25) is 0 Å². The lowest BCUT2D eigenvalue weighted by Gasteiger charge is -2.08. The predicted molar refractivity (Wildman–Crippen MR) is 68.4 cm³/mol. The normalized spacial score (nSPS) is 10.1. The lowest BCUT2D eigenvalue weighted by Crippen LogP contribution is -2.26. The molecule has 2 rings (SSSR count). The number of rotatable bonds is 5. The van der Waals surface area contributed by atoms with Crippen LogP contribution in [-0.4, -0.2) is 34.5 Å². The number of H-pyrrole nitrogens is 1. The number of nitrogens with zero attached hydrogens (tertiary/aromatic N) is 2. The summed E-state index contributed by atoms with van der Waals surface area (Å²) in [4.78, 5) is 22.8. The van der Waals surface area contributed by atoms with Crippen LogP contribution in [0.1, 0.15) is 16.1 Å². The fraction of sp³-hybridized carbons (Fsp3) is 0.250. The first-order chi connectivity index (χ1) is 8.81. The highest BCUT2D eigenvalue weighted by Crippen LogP contribution is 2.11. The van der Waals surface area contributed by atoms with Crippen LogP contribution >= 0.6 is 0 Å². The minimum atomic E-state index is -0.110. The van der Waals surface area contributed by atoms with Gasteiger partial charge in [0.25, 0.3) is 5.91 Å². The van der Waals surface area contributed by atoms with E-state index in [1.807, 2.05) is 0 Å². The first kappa shape index (κ1) is 12.1. The van der Waals surface area contributed by atoms with Gasteiger partial charge < -0.3 is 15.6 Å². The third-order valence-corrected chi connectivity index (χ3v) is 2.57. The highest BCUT2D eigenvalue weighted by molar-refractivity contribution is 5.99. The fourth-order valence-corrected chi connectivity index (χ4v) is 1.62. The Bertz CT molecular complexity index is 509. The second-order valence-electron chi connectivity index (χ2n) is 3.75. The van der Waals surface area contributed by atoms with Gasteiger partial charge in [-0.3, -0.25) is 9.78 Å². The number of hydrogen-bond acceptors (Lipinski definition) is 4. The van der Waals surface area contributed by atoms with E-state index in [1.165, 1.54) is 0 Å². The van der Waals surface area contributed by atoms with Gasteiger partial charge in [0.05, 0.1) is 23.8 Å². The summed E-state index contributed by atoms with van der Waals surface area (Å²) in [7, 11) is 1.76. The number of imidazole rings is 1. The van der Waals surface area contributed by atoms with Crippen LogP contribution in [0.5, 0.6) is 0 Å². The molecule has 6 heteroatoms. The molecule has 3 N–H and O–H groups in total. The summed E-state index contributed by atoms with van der Waals surface area (Å²) >= 11 is 0. The lowest BCUT2D eigenvalue weighted by molar-refractivity contribution is 0.0955. The number of anilines is 1. The molecule has 0 aliphatic carbocycles. The third kappa shape index (κ3) is 2.85. The molecule has 0 atom stereocenters. The molecule has 2 aromatic heterocycles. The second kappa shape index (κ2) is 5.81. The largest absolute Gasteiger partial charge is 0.386 e. The van der Waals surface area contributed by atoms with Crippen molar-refractivity contribution in [1.82, 2.24) is 20.3 Å². The molecule has 0 spiro atoms. The van der Waals surface area contributed by atoms with E-state index in [9.17, 15) is 4.79 Å². The van der Waals surface area contributed by atoms with E-state index in [-0.39, 0.29) is 5.91 Å². The lowest BCUT2D eigenvalue weighted by atomic mass is 10.2. The molecule has 2 aromatic rings. The number of nitrogens with one attached hydrogen (secondary N) is 3. The van der Waals surface area contributed by atoms with E-state index in [2.05, 4.69) is 25.6 Å². The second-order valence-corrected chi connectivity index (χ2v) is 3.75. The molecule has 0 bridgehead atoms. The van der Waals surface area contributed by atoms with Crippen molar-refractivity contribution in [2.24, 2.45) is 0 Å². The molecular formula is C12H15N5O. The first-order valence-electron chi connectivity index (χ1n) is 5.68. The van der Waals surface area contributed by atoms with Crippen LogP contribution in [-0.2, 0) is 6.42 Å². The molecule has 2 heterocycles. The van der Waals surface area contributed by atoms with E-state index < -0.39 is 0 Å². The Balaban J connectivity index is 1.91. The molecule has 1 amide bonds. The Labute approximate surface area is 105 Å². The van der Waals surface area contributed by atoms with Gasteiger partial charge in [-0.25, -0.2) is 4.98 Å². The number of carbonyl (C=O) groups is 1. The Morgan fingerprint density at radius 2 is 2.28 bits per heavy atom. The third-order valence-electron chi connectivity index (χ3n) is 2.57. The molecule has 0 aliphatic rings. The van der Waals surface area contributed by atoms with Gasteiger partial charge in [-0.2, -0.15) is 0 Å². The van der Waals surface area contributed by atoms with Crippen LogP contribution in [0.15, 0.2) is 31.0 Å². The van der Waals surface area contributed by atoms with E-state index in [1.54, 1.807) is 38.0 Å². The maximum absolute atomic E-state index is 11.9. The summed E-state index contributed by atoms with van der Waals surface area (Å²) in [5.74, 6) is -0.110. The smallest absolute Gasteiger partial charge is 0.253 e. The summed E-state index contributed by atoms with van der Waals surface area (Å²) < 4.78 is 0. The van der Waals surface area contributed by atoms with Crippen LogP contribution in [0.25, 0.3) is 0 Å². The van der Waals surface area contributed by atoms with Gasteiger partial charge >= 0.3 is 0 Å². The van der Waals surface area contributed by atoms with Gasteiger partial charge in [-0.05, 0) is 6.07 Å². The SMILES string of the molecule is CNc1cnccc1C(=O)NCCc1cnc[nH]1. The van der Waals surface area contributed by atoms with E-state index >= 15 is 0 Å². The Kier molecular flexibility index (Phi) is 3.90. The molecule has 0 radical (unpaired) electrons. The molecule has 0 aromatic carbocycles. The minimum Gasteiger partial charge on any atom is -0.386 e. The Morgan fingerprint density at radius 3 is 3.00 bits per heavy atom. The maximum atomic E-state index is 11.9. The van der Waals surface area contributed by atoms with Gasteiger partial charge in [0.1, 0.15) is 0 Å². The van der Waals surface area contributed by atoms with Gasteiger partial charge in [-0.15, -0.1) is 0 Å². The summed E-state index contributed by atoms with van der Waals surface area (Å²) in [5, 5.41) is 5.80. The number of hydrogen-bond donors (Lipinski definition) is 3. The molecule has 0 saturated heterocycles. The molecule has 94 valence electrons. The van der Waals surface area contributed by atoms with Crippen molar-refractivity contribution in [1.29, 1.82) is 0 Å². The van der Waals surface area contributed by atoms with Crippen molar-refractivity contribution < 1.29 is 4.79 Å². The van der Waals surface area contributed by atoms with Crippen LogP contribution in [0.4, 0.5) is 5.69 Å². The number of aromatic amines is 1. The van der Waals surface area contributed by atoms with Crippen molar-refractivity contribution in [3.63, 3.8) is 0 Å². The average molecular weight is 245 g/mol. The molecule has 0 saturated carbocycles. The van der Waals surface area contributed by atoms with Crippen molar-refractivity contribution in [3.8, 4) is 0 Å². The molecule has 0 fully saturated rings. The Hall–Kier alpha value is -2.37. The van der Waals surface area contributed by atoms with E-state index in [0.29, 0.717) is 12.1 Å². The summed E-state index contributed by atoms with van der Waals surface area (Å²) in [6.45, 7) is 0.562. The number of carbonyl (C=O) groups excluding carboxylic acids is 1. The van der Waals surface area contributed by atoms with Crippen LogP contribution < -0.4 is 10.6 Å². The van der Waals surface area contributed by atoms with Crippen molar-refractivity contribution >= 4 is 11.6 Å². The van der Waals surface area contributed by atoms with Crippen molar-refractivity contribution in [2.45, 2.75) is 6.42 Å². The minimum absolute atomic E-state index is 0.110. The highest BCUT2D eigenvalue weighted by atomic mass is 16.1. The average Bonchev–Trinajstić information content (AvgIpc) is 2.91. The molecule has 0 aliphatic heterocycles. The zero-order chi connectivity index (χ0) is 12.8. The number of pyridine rings is 1. The summed E-state index contributed by atoms with van der Waals surface area (Å²) in [6, 6.07) is 1.69. The quantitative estimate of drug-likeness (QED) is 0.728. The van der Waals surface area contributed by atoms with Crippen molar-refractivity contribution in [2.75, 3.05) is 18.9 Å². The summed E-state index contributed by atoms with van der Waals surface area (Å²) in [5.41, 5.74) is 2.31. The molecule has 6 nitrogen and oxygen atoms in total. The molecule has 18 heavy (non-hydrogen) atoms. The van der Waals surface area contributed by atoms with E-state index in [4.69, 9.17) is 0 Å². The highest BCUT2D eigenvalue weighted by Gasteiger charge is 2.09. The maximum Gasteiger partial charge on any atom is 0.253 e. The van der Waals surface area contributed by atoms with Crippen molar-refractivity contribution in [3.05, 3.63) is 42.2 Å². The molecular weight excluding hydrogens is 230 g/mol. The first-order valence-corrected chi connectivity index (χ1v) is 5.68. The Morgan fingerprint density at radius 1 is 1.39 bits per heavy atom. The predicted octanol–water partition coefficient (Wildman–Crippen LogP) is 0.819. The van der Waals surface area contributed by atoms with Gasteiger partial charge in [0.15, 0.2) is 0 Å². The van der Waals surface area contributed by atoms with E-state index in [0.717, 1.165) is 17.8 Å². The van der Waals surface area contributed by atoms with Crippen LogP contribution in [0.3, 0.4) is 0 Å². The van der Waals surface area contributed by atoms with Crippen LogP contribution in [0, 0.1) is 0 Å². The zero-order valence-corrected chi connectivity index (χ0v) is 10.1. The zero-order valence-electron chi connectivity index (χ0n) is 10.1.